The molecule has 0 spiro atoms. The van der Waals surface area contributed by atoms with Gasteiger partial charge in [-0.2, -0.15) is 0 Å². The number of benzene rings is 2. The van der Waals surface area contributed by atoms with Crippen LogP contribution in [0.4, 0.5) is 11.4 Å². The fraction of sp³-hybridized carbons (Fsp3) is 0.364. The number of nitrogens with one attached hydrogen (secondary N) is 1. The molecule has 3 aromatic rings. The van der Waals surface area contributed by atoms with Gasteiger partial charge in [0.25, 0.3) is 0 Å². The molecule has 8 nitrogen and oxygen atoms in total. The van der Waals surface area contributed by atoms with Crippen LogP contribution in [0.3, 0.4) is 0 Å². The Labute approximate surface area is 186 Å². The molecule has 4 rings (SSSR count). The molecule has 9 heteroatoms. The highest BCUT2D eigenvalue weighted by Gasteiger charge is 2.17. The molecule has 1 aliphatic heterocycles. The maximum absolute atomic E-state index is 12.2. The summed E-state index contributed by atoms with van der Waals surface area (Å²) in [5, 5.41) is 14.9. The van der Waals surface area contributed by atoms with Gasteiger partial charge in [0.15, 0.2) is 0 Å². The van der Waals surface area contributed by atoms with Crippen molar-refractivity contribution in [2.24, 2.45) is 7.05 Å². The summed E-state index contributed by atoms with van der Waals surface area (Å²) in [5.74, 6) is 0.621. The van der Waals surface area contributed by atoms with Crippen LogP contribution in [0.5, 0.6) is 0 Å². The summed E-state index contributed by atoms with van der Waals surface area (Å²) >= 11 is 1.47. The summed E-state index contributed by atoms with van der Waals surface area (Å²) < 4.78 is 1.60. The lowest BCUT2D eigenvalue weighted by atomic mass is 10.2. The van der Waals surface area contributed by atoms with Crippen molar-refractivity contribution >= 4 is 29.0 Å². The second-order valence-electron chi connectivity index (χ2n) is 7.53. The average molecular weight is 438 g/mol. The van der Waals surface area contributed by atoms with Crippen LogP contribution in [0.15, 0.2) is 59.8 Å². The molecule has 0 saturated carbocycles. The van der Waals surface area contributed by atoms with Crippen molar-refractivity contribution in [3.63, 3.8) is 0 Å². The van der Waals surface area contributed by atoms with Crippen LogP contribution >= 0.6 is 11.8 Å². The number of nitrogens with zero attached hydrogens (tertiary/aromatic N) is 6. The highest BCUT2D eigenvalue weighted by molar-refractivity contribution is 7.99. The highest BCUT2D eigenvalue weighted by Crippen LogP contribution is 2.21. The average Bonchev–Trinajstić information content (AvgIpc) is 3.20. The smallest absolute Gasteiger partial charge is 0.225 e. The standard InChI is InChI=1S/C22H27N7OS/c1-27-22(24-25-26-27)31-16-11-21(30)23-19-7-9-20(10-8-19)29-14-12-28(13-15-29)17-18-5-3-2-4-6-18/h2-10H,11-17H2,1H3,(H,23,30). The molecule has 1 fully saturated rings. The number of aryl methyl sites for hydroxylation is 1. The summed E-state index contributed by atoms with van der Waals surface area (Å²) in [7, 11) is 1.78. The van der Waals surface area contributed by atoms with Crippen LogP contribution in [0.1, 0.15) is 12.0 Å². The third kappa shape index (κ3) is 6.05. The van der Waals surface area contributed by atoms with Crippen LogP contribution < -0.4 is 10.2 Å². The van der Waals surface area contributed by atoms with Crippen molar-refractivity contribution in [1.82, 2.24) is 25.1 Å². The Hall–Kier alpha value is -2.91. The van der Waals surface area contributed by atoms with Crippen molar-refractivity contribution in [3.8, 4) is 0 Å². The van der Waals surface area contributed by atoms with Crippen molar-refractivity contribution in [2.45, 2.75) is 18.1 Å². The number of tetrazole rings is 1. The molecule has 0 unspecified atom stereocenters. The first-order valence-corrected chi connectivity index (χ1v) is 11.4. The Kier molecular flexibility index (Phi) is 7.16. The van der Waals surface area contributed by atoms with Crippen LogP contribution in [-0.4, -0.2) is 62.9 Å². The normalized spacial score (nSPS) is 14.5. The number of aromatic nitrogens is 4. The Bertz CT molecular complexity index is 969. The predicted octanol–water partition coefficient (Wildman–Crippen LogP) is 2.65. The minimum absolute atomic E-state index is 0.00935. The molecule has 0 aliphatic carbocycles. The molecule has 0 bridgehead atoms. The third-order valence-corrected chi connectivity index (χ3v) is 6.29. The Morgan fingerprint density at radius 1 is 1.03 bits per heavy atom. The van der Waals surface area contributed by atoms with Gasteiger partial charge in [0.1, 0.15) is 0 Å². The lowest BCUT2D eigenvalue weighted by Crippen LogP contribution is -2.45. The summed E-state index contributed by atoms with van der Waals surface area (Å²) in [4.78, 5) is 17.1. The summed E-state index contributed by atoms with van der Waals surface area (Å²) in [6.07, 6.45) is 0.405. The predicted molar refractivity (Wildman–Crippen MR) is 123 cm³/mol. The first-order valence-electron chi connectivity index (χ1n) is 10.4. The van der Waals surface area contributed by atoms with Crippen molar-refractivity contribution in [2.75, 3.05) is 42.1 Å². The van der Waals surface area contributed by atoms with E-state index in [4.69, 9.17) is 0 Å². The molecular formula is C22H27N7OS. The molecule has 1 amide bonds. The van der Waals surface area contributed by atoms with Crippen molar-refractivity contribution in [3.05, 3.63) is 60.2 Å². The van der Waals surface area contributed by atoms with E-state index >= 15 is 0 Å². The Morgan fingerprint density at radius 3 is 2.45 bits per heavy atom. The Morgan fingerprint density at radius 2 is 1.77 bits per heavy atom. The van der Waals surface area contributed by atoms with Crippen molar-refractivity contribution in [1.29, 1.82) is 0 Å². The van der Waals surface area contributed by atoms with Gasteiger partial charge in [0, 0.05) is 63.3 Å². The highest BCUT2D eigenvalue weighted by atomic mass is 32.2. The number of rotatable bonds is 8. The topological polar surface area (TPSA) is 79.2 Å². The molecule has 1 saturated heterocycles. The SMILES string of the molecule is Cn1nnnc1SCCC(=O)Nc1ccc(N2CCN(Cc3ccccc3)CC2)cc1. The van der Waals surface area contributed by atoms with Crippen LogP contribution in [0, 0.1) is 0 Å². The fourth-order valence-electron chi connectivity index (χ4n) is 3.56. The van der Waals surface area contributed by atoms with Gasteiger partial charge in [-0.1, -0.05) is 42.1 Å². The molecule has 31 heavy (non-hydrogen) atoms. The number of amides is 1. The monoisotopic (exact) mass is 437 g/mol. The van der Waals surface area contributed by atoms with Gasteiger partial charge in [0.2, 0.25) is 11.1 Å². The van der Waals surface area contributed by atoms with Gasteiger partial charge in [-0.3, -0.25) is 9.69 Å². The first-order chi connectivity index (χ1) is 15.2. The molecule has 0 atom stereocenters. The number of carbonyl (C=O) groups excluding carboxylic acids is 1. The lowest BCUT2D eigenvalue weighted by molar-refractivity contribution is -0.115. The van der Waals surface area contributed by atoms with Gasteiger partial charge >= 0.3 is 0 Å². The number of thioether (sulfide) groups is 1. The minimum Gasteiger partial charge on any atom is -0.369 e. The maximum atomic E-state index is 12.2. The van der Waals surface area contributed by atoms with Crippen LogP contribution in [0.2, 0.25) is 0 Å². The van der Waals surface area contributed by atoms with E-state index in [-0.39, 0.29) is 5.91 Å². The lowest BCUT2D eigenvalue weighted by Gasteiger charge is -2.36. The largest absolute Gasteiger partial charge is 0.369 e. The van der Waals surface area contributed by atoms with Crippen LogP contribution in [-0.2, 0) is 18.4 Å². The van der Waals surface area contributed by atoms with Crippen molar-refractivity contribution < 1.29 is 4.79 Å². The second kappa shape index (κ2) is 10.4. The third-order valence-electron chi connectivity index (χ3n) is 5.28. The van der Waals surface area contributed by atoms with Gasteiger partial charge in [0.05, 0.1) is 0 Å². The molecule has 1 aromatic heterocycles. The van der Waals surface area contributed by atoms with E-state index in [1.54, 1.807) is 11.7 Å². The van der Waals surface area contributed by atoms with Crippen LogP contribution in [0.25, 0.3) is 0 Å². The van der Waals surface area contributed by atoms with E-state index in [9.17, 15) is 4.79 Å². The molecular weight excluding hydrogens is 410 g/mol. The minimum atomic E-state index is -0.00935. The van der Waals surface area contributed by atoms with E-state index in [1.165, 1.54) is 23.0 Å². The van der Waals surface area contributed by atoms with Gasteiger partial charge in [-0.15, -0.1) is 5.10 Å². The van der Waals surface area contributed by atoms with E-state index in [0.717, 1.165) is 38.4 Å². The number of hydrogen-bond acceptors (Lipinski definition) is 7. The maximum Gasteiger partial charge on any atom is 0.225 e. The van der Waals surface area contributed by atoms with E-state index in [0.29, 0.717) is 17.3 Å². The number of anilines is 2. The van der Waals surface area contributed by atoms with E-state index in [1.807, 2.05) is 12.1 Å². The summed E-state index contributed by atoms with van der Waals surface area (Å²) in [6.45, 7) is 5.11. The second-order valence-corrected chi connectivity index (χ2v) is 8.59. The molecule has 2 aromatic carbocycles. The molecule has 2 heterocycles. The number of piperazine rings is 1. The quantitative estimate of drug-likeness (QED) is 0.543. The van der Waals surface area contributed by atoms with Gasteiger partial charge in [-0.05, 0) is 40.3 Å². The zero-order chi connectivity index (χ0) is 21.5. The molecule has 1 N–H and O–H groups in total. The summed E-state index contributed by atoms with van der Waals surface area (Å²) in [6, 6.07) is 18.7. The molecule has 162 valence electrons. The van der Waals surface area contributed by atoms with E-state index in [2.05, 4.69) is 73.1 Å². The molecule has 0 radical (unpaired) electrons. The van der Waals surface area contributed by atoms with Gasteiger partial charge < -0.3 is 10.2 Å². The number of carbonyl (C=O) groups is 1. The Balaban J connectivity index is 1.20. The number of hydrogen-bond donors (Lipinski definition) is 1. The zero-order valence-corrected chi connectivity index (χ0v) is 18.5. The zero-order valence-electron chi connectivity index (χ0n) is 17.6. The van der Waals surface area contributed by atoms with E-state index < -0.39 is 0 Å². The van der Waals surface area contributed by atoms with Gasteiger partial charge in [-0.25, -0.2) is 4.68 Å². The molecule has 1 aliphatic rings. The fourth-order valence-corrected chi connectivity index (χ4v) is 4.35. The summed E-state index contributed by atoms with van der Waals surface area (Å²) in [5.41, 5.74) is 3.38. The first kappa shape index (κ1) is 21.3.